The van der Waals surface area contributed by atoms with Crippen LogP contribution >= 0.6 is 0 Å². The average molecular weight is 252 g/mol. The molecule has 18 heavy (non-hydrogen) atoms. The van der Waals surface area contributed by atoms with Crippen molar-refractivity contribution >= 4 is 0 Å². The number of nitrogens with one attached hydrogen (secondary N) is 1. The number of hydrogen-bond donors (Lipinski definition) is 1. The summed E-state index contributed by atoms with van der Waals surface area (Å²) in [6.45, 7) is 13.2. The SMILES string of the molecule is CCC1(C)CN(CCCC2CC2)C(C(C)C)CN1. The molecular weight excluding hydrogens is 220 g/mol. The molecule has 2 heteroatoms. The predicted octanol–water partition coefficient (Wildman–Crippen LogP) is 3.28. The molecule has 0 aromatic carbocycles. The Bertz CT molecular complexity index is 260. The summed E-state index contributed by atoms with van der Waals surface area (Å²) in [7, 11) is 0. The van der Waals surface area contributed by atoms with E-state index in [9.17, 15) is 0 Å². The van der Waals surface area contributed by atoms with Crippen LogP contribution in [0.3, 0.4) is 0 Å². The van der Waals surface area contributed by atoms with Crippen molar-refractivity contribution in [3.8, 4) is 0 Å². The van der Waals surface area contributed by atoms with Crippen LogP contribution < -0.4 is 5.32 Å². The van der Waals surface area contributed by atoms with Crippen molar-refractivity contribution in [2.24, 2.45) is 11.8 Å². The molecule has 0 bridgehead atoms. The Morgan fingerprint density at radius 3 is 2.61 bits per heavy atom. The molecule has 2 aliphatic rings. The lowest BCUT2D eigenvalue weighted by molar-refractivity contribution is 0.0586. The molecule has 1 heterocycles. The molecule has 1 N–H and O–H groups in total. The van der Waals surface area contributed by atoms with Gasteiger partial charge in [0.1, 0.15) is 0 Å². The summed E-state index contributed by atoms with van der Waals surface area (Å²) in [4.78, 5) is 2.77. The van der Waals surface area contributed by atoms with E-state index in [0.717, 1.165) is 17.9 Å². The van der Waals surface area contributed by atoms with Gasteiger partial charge in [0.2, 0.25) is 0 Å². The summed E-state index contributed by atoms with van der Waals surface area (Å²) in [5.74, 6) is 1.85. The minimum absolute atomic E-state index is 0.338. The number of piperazine rings is 1. The van der Waals surface area contributed by atoms with E-state index in [4.69, 9.17) is 0 Å². The van der Waals surface area contributed by atoms with E-state index in [0.29, 0.717) is 5.54 Å². The highest BCUT2D eigenvalue weighted by Crippen LogP contribution is 2.34. The zero-order valence-corrected chi connectivity index (χ0v) is 12.8. The standard InChI is InChI=1S/C16H32N2/c1-5-16(4)12-18(10-6-7-14-8-9-14)15(11-17-16)13(2)3/h13-15,17H,5-12H2,1-4H3. The molecule has 1 saturated carbocycles. The summed E-state index contributed by atoms with van der Waals surface area (Å²) in [5.41, 5.74) is 0.338. The van der Waals surface area contributed by atoms with Crippen LogP contribution in [-0.2, 0) is 0 Å². The van der Waals surface area contributed by atoms with Gasteiger partial charge < -0.3 is 5.32 Å². The number of hydrogen-bond acceptors (Lipinski definition) is 2. The minimum atomic E-state index is 0.338. The normalized spacial score (nSPS) is 34.2. The molecule has 2 unspecified atom stereocenters. The van der Waals surface area contributed by atoms with E-state index in [1.54, 1.807) is 0 Å². The van der Waals surface area contributed by atoms with Gasteiger partial charge in [-0.3, -0.25) is 4.90 Å². The molecule has 0 aromatic heterocycles. The zero-order valence-electron chi connectivity index (χ0n) is 12.8. The van der Waals surface area contributed by atoms with Crippen LogP contribution in [0.1, 0.15) is 59.8 Å². The first-order valence-electron chi connectivity index (χ1n) is 8.03. The van der Waals surface area contributed by atoms with Gasteiger partial charge in [-0.2, -0.15) is 0 Å². The lowest BCUT2D eigenvalue weighted by Crippen LogP contribution is -2.63. The first-order valence-corrected chi connectivity index (χ1v) is 8.03. The van der Waals surface area contributed by atoms with Crippen LogP contribution in [0.15, 0.2) is 0 Å². The fraction of sp³-hybridized carbons (Fsp3) is 1.00. The minimum Gasteiger partial charge on any atom is -0.309 e. The third-order valence-electron chi connectivity index (χ3n) is 5.06. The van der Waals surface area contributed by atoms with Crippen LogP contribution in [0.5, 0.6) is 0 Å². The maximum atomic E-state index is 3.78. The van der Waals surface area contributed by atoms with Crippen molar-refractivity contribution in [2.45, 2.75) is 71.4 Å². The molecule has 1 aliphatic carbocycles. The third kappa shape index (κ3) is 3.71. The van der Waals surface area contributed by atoms with Crippen LogP contribution in [0.4, 0.5) is 0 Å². The highest BCUT2D eigenvalue weighted by Gasteiger charge is 2.35. The number of rotatable bonds is 6. The summed E-state index contributed by atoms with van der Waals surface area (Å²) in [6, 6.07) is 0.740. The molecule has 2 nitrogen and oxygen atoms in total. The third-order valence-corrected chi connectivity index (χ3v) is 5.06. The maximum Gasteiger partial charge on any atom is 0.0278 e. The topological polar surface area (TPSA) is 15.3 Å². The van der Waals surface area contributed by atoms with Gasteiger partial charge in [-0.15, -0.1) is 0 Å². The van der Waals surface area contributed by atoms with Crippen molar-refractivity contribution in [1.82, 2.24) is 10.2 Å². The Labute approximate surface area is 114 Å². The van der Waals surface area contributed by atoms with Gasteiger partial charge in [-0.1, -0.05) is 33.6 Å². The van der Waals surface area contributed by atoms with Gasteiger partial charge in [0.05, 0.1) is 0 Å². The van der Waals surface area contributed by atoms with Crippen molar-refractivity contribution in [3.63, 3.8) is 0 Å². The van der Waals surface area contributed by atoms with E-state index in [2.05, 4.69) is 37.9 Å². The molecule has 106 valence electrons. The van der Waals surface area contributed by atoms with E-state index in [1.165, 1.54) is 51.7 Å². The van der Waals surface area contributed by atoms with Crippen LogP contribution in [0.25, 0.3) is 0 Å². The predicted molar refractivity (Wildman–Crippen MR) is 78.9 cm³/mol. The summed E-state index contributed by atoms with van der Waals surface area (Å²) in [6.07, 6.45) is 7.12. The van der Waals surface area contributed by atoms with Gasteiger partial charge >= 0.3 is 0 Å². The molecule has 2 fully saturated rings. The average Bonchev–Trinajstić information content (AvgIpc) is 3.13. The molecule has 0 spiro atoms. The second-order valence-corrected chi connectivity index (χ2v) is 7.16. The van der Waals surface area contributed by atoms with Gasteiger partial charge in [0.15, 0.2) is 0 Å². The molecule has 1 aliphatic heterocycles. The van der Waals surface area contributed by atoms with Crippen molar-refractivity contribution < 1.29 is 0 Å². The Morgan fingerprint density at radius 2 is 2.06 bits per heavy atom. The Morgan fingerprint density at radius 1 is 1.33 bits per heavy atom. The highest BCUT2D eigenvalue weighted by atomic mass is 15.3. The van der Waals surface area contributed by atoms with Crippen LogP contribution in [0, 0.1) is 11.8 Å². The lowest BCUT2D eigenvalue weighted by atomic mass is 9.89. The quantitative estimate of drug-likeness (QED) is 0.780. The van der Waals surface area contributed by atoms with E-state index >= 15 is 0 Å². The molecule has 2 atom stereocenters. The summed E-state index contributed by atoms with van der Waals surface area (Å²) < 4.78 is 0. The Balaban J connectivity index is 1.86. The molecule has 0 amide bonds. The second kappa shape index (κ2) is 5.92. The van der Waals surface area contributed by atoms with Gasteiger partial charge in [-0.25, -0.2) is 0 Å². The van der Waals surface area contributed by atoms with E-state index in [1.807, 2.05) is 0 Å². The maximum absolute atomic E-state index is 3.78. The summed E-state index contributed by atoms with van der Waals surface area (Å²) >= 11 is 0. The molecule has 0 radical (unpaired) electrons. The zero-order chi connectivity index (χ0) is 13.2. The Kier molecular flexibility index (Phi) is 4.71. The molecule has 1 saturated heterocycles. The monoisotopic (exact) mass is 252 g/mol. The molecular formula is C16H32N2. The van der Waals surface area contributed by atoms with Crippen molar-refractivity contribution in [3.05, 3.63) is 0 Å². The van der Waals surface area contributed by atoms with E-state index in [-0.39, 0.29) is 0 Å². The van der Waals surface area contributed by atoms with Crippen LogP contribution in [0.2, 0.25) is 0 Å². The first-order chi connectivity index (χ1) is 8.54. The summed E-state index contributed by atoms with van der Waals surface area (Å²) in [5, 5.41) is 3.78. The molecule has 2 rings (SSSR count). The first kappa shape index (κ1) is 14.3. The smallest absolute Gasteiger partial charge is 0.0278 e. The van der Waals surface area contributed by atoms with Crippen molar-refractivity contribution in [1.29, 1.82) is 0 Å². The van der Waals surface area contributed by atoms with Gasteiger partial charge in [0, 0.05) is 24.7 Å². The van der Waals surface area contributed by atoms with Gasteiger partial charge in [0.25, 0.3) is 0 Å². The second-order valence-electron chi connectivity index (χ2n) is 7.16. The lowest BCUT2D eigenvalue weighted by Gasteiger charge is -2.47. The van der Waals surface area contributed by atoms with E-state index < -0.39 is 0 Å². The van der Waals surface area contributed by atoms with Crippen molar-refractivity contribution in [2.75, 3.05) is 19.6 Å². The van der Waals surface area contributed by atoms with Crippen LogP contribution in [-0.4, -0.2) is 36.1 Å². The molecule has 0 aromatic rings. The Hall–Kier alpha value is -0.0800. The fourth-order valence-corrected chi connectivity index (χ4v) is 3.23. The van der Waals surface area contributed by atoms with Gasteiger partial charge in [-0.05, 0) is 44.6 Å². The fourth-order valence-electron chi connectivity index (χ4n) is 3.23. The number of nitrogens with zero attached hydrogens (tertiary/aromatic N) is 1. The highest BCUT2D eigenvalue weighted by molar-refractivity contribution is 4.95. The largest absolute Gasteiger partial charge is 0.309 e.